The zero-order valence-electron chi connectivity index (χ0n) is 18.8. The number of nitro benzene ring substituents is 1. The number of pyridine rings is 1. The number of carbonyl (C=O) groups is 1. The maximum absolute atomic E-state index is 12.6. The Morgan fingerprint density at radius 1 is 1.09 bits per heavy atom. The fraction of sp³-hybridized carbons (Fsp3) is 0.200. The molecule has 0 radical (unpaired) electrons. The van der Waals surface area contributed by atoms with Gasteiger partial charge < -0.3 is 5.11 Å². The van der Waals surface area contributed by atoms with Crippen LogP contribution >= 0.6 is 0 Å². The lowest BCUT2D eigenvalue weighted by molar-refractivity contribution is -0.387. The number of rotatable bonds is 12. The van der Waals surface area contributed by atoms with E-state index in [1.807, 2.05) is 42.5 Å². The van der Waals surface area contributed by atoms with Crippen LogP contribution in [-0.4, -0.2) is 35.9 Å². The van der Waals surface area contributed by atoms with Gasteiger partial charge in [0.2, 0.25) is 10.0 Å². The Labute approximate surface area is 203 Å². The smallest absolute Gasteiger partial charge is 0.303 e. The highest BCUT2D eigenvalue weighted by Crippen LogP contribution is 2.25. The third kappa shape index (κ3) is 7.29. The fourth-order valence-corrected chi connectivity index (χ4v) is 4.76. The number of nitrogens with one attached hydrogen (secondary N) is 1. The Morgan fingerprint density at radius 3 is 2.57 bits per heavy atom. The quantitative estimate of drug-likeness (QED) is 0.218. The molecule has 2 aromatic carbocycles. The molecule has 0 aliphatic rings. The summed E-state index contributed by atoms with van der Waals surface area (Å²) >= 11 is 0. The molecular formula is C25H25N3O6S. The predicted molar refractivity (Wildman–Crippen MR) is 131 cm³/mol. The summed E-state index contributed by atoms with van der Waals surface area (Å²) in [7, 11) is -4.06. The molecule has 0 bridgehead atoms. The van der Waals surface area contributed by atoms with Gasteiger partial charge in [-0.1, -0.05) is 48.5 Å². The highest BCUT2D eigenvalue weighted by molar-refractivity contribution is 7.89. The van der Waals surface area contributed by atoms with Crippen LogP contribution in [0.25, 0.3) is 5.57 Å². The van der Waals surface area contributed by atoms with Crippen molar-refractivity contribution >= 4 is 27.3 Å². The average Bonchev–Trinajstić information content (AvgIpc) is 2.84. The van der Waals surface area contributed by atoms with E-state index in [1.54, 1.807) is 12.4 Å². The second-order valence-corrected chi connectivity index (χ2v) is 9.45. The van der Waals surface area contributed by atoms with Crippen LogP contribution in [0.5, 0.6) is 0 Å². The first-order chi connectivity index (χ1) is 16.8. The summed E-state index contributed by atoms with van der Waals surface area (Å²) in [4.78, 5) is 25.1. The van der Waals surface area contributed by atoms with Crippen LogP contribution in [0.4, 0.5) is 5.69 Å². The van der Waals surface area contributed by atoms with Crippen LogP contribution in [0, 0.1) is 10.1 Å². The van der Waals surface area contributed by atoms with Crippen molar-refractivity contribution in [3.05, 3.63) is 106 Å². The van der Waals surface area contributed by atoms with Gasteiger partial charge in [-0.05, 0) is 48.1 Å². The molecule has 0 saturated heterocycles. The minimum Gasteiger partial charge on any atom is -0.481 e. The molecule has 0 atom stereocenters. The number of sulfonamides is 1. The van der Waals surface area contributed by atoms with E-state index in [0.29, 0.717) is 19.3 Å². The van der Waals surface area contributed by atoms with Crippen molar-refractivity contribution in [2.75, 3.05) is 6.54 Å². The highest BCUT2D eigenvalue weighted by Gasteiger charge is 2.24. The van der Waals surface area contributed by atoms with E-state index in [-0.39, 0.29) is 17.9 Å². The number of hydrogen-bond donors (Lipinski definition) is 2. The van der Waals surface area contributed by atoms with Crippen LogP contribution in [0.3, 0.4) is 0 Å². The Morgan fingerprint density at radius 2 is 1.86 bits per heavy atom. The van der Waals surface area contributed by atoms with Crippen molar-refractivity contribution in [2.24, 2.45) is 0 Å². The number of benzene rings is 2. The van der Waals surface area contributed by atoms with Gasteiger partial charge in [0.25, 0.3) is 5.69 Å². The summed E-state index contributed by atoms with van der Waals surface area (Å²) in [6.07, 6.45) is 6.92. The molecular weight excluding hydrogens is 470 g/mol. The number of para-hydroxylation sites is 1. The largest absolute Gasteiger partial charge is 0.481 e. The zero-order chi connectivity index (χ0) is 25.3. The minimum atomic E-state index is -4.06. The van der Waals surface area contributed by atoms with Crippen molar-refractivity contribution < 1.29 is 23.2 Å². The molecule has 1 heterocycles. The molecule has 0 aliphatic heterocycles. The highest BCUT2D eigenvalue weighted by atomic mass is 32.2. The number of hydrogen-bond acceptors (Lipinski definition) is 6. The number of nitro groups is 1. The minimum absolute atomic E-state index is 0.0579. The molecule has 9 nitrogen and oxygen atoms in total. The lowest BCUT2D eigenvalue weighted by atomic mass is 9.95. The molecule has 0 fully saturated rings. The van der Waals surface area contributed by atoms with Crippen LogP contribution in [0.1, 0.15) is 36.0 Å². The second kappa shape index (κ2) is 12.0. The van der Waals surface area contributed by atoms with Gasteiger partial charge in [-0.3, -0.25) is 19.9 Å². The fourth-order valence-electron chi connectivity index (χ4n) is 3.56. The summed E-state index contributed by atoms with van der Waals surface area (Å²) < 4.78 is 27.7. The summed E-state index contributed by atoms with van der Waals surface area (Å²) in [6.45, 7) is 0.0579. The molecule has 2 N–H and O–H groups in total. The lowest BCUT2D eigenvalue weighted by Gasteiger charge is -2.11. The predicted octanol–water partition coefficient (Wildman–Crippen LogP) is 4.20. The van der Waals surface area contributed by atoms with Crippen LogP contribution in [0.15, 0.2) is 84.0 Å². The third-order valence-electron chi connectivity index (χ3n) is 5.21. The summed E-state index contributed by atoms with van der Waals surface area (Å²) in [6, 6.07) is 16.6. The number of allylic oxidation sites excluding steroid dienone is 1. The zero-order valence-corrected chi connectivity index (χ0v) is 19.6. The molecule has 0 unspecified atom stereocenters. The van der Waals surface area contributed by atoms with Crippen molar-refractivity contribution in [1.29, 1.82) is 0 Å². The molecule has 1 aromatic heterocycles. The third-order valence-corrected chi connectivity index (χ3v) is 6.72. The number of carboxylic acid groups (broad SMARTS) is 1. The number of nitrogens with zero attached hydrogens (tertiary/aromatic N) is 2. The van der Waals surface area contributed by atoms with Crippen LogP contribution in [-0.2, 0) is 21.2 Å². The normalized spacial score (nSPS) is 11.8. The van der Waals surface area contributed by atoms with Gasteiger partial charge in [0.1, 0.15) is 0 Å². The molecule has 182 valence electrons. The molecule has 10 heteroatoms. The Hall–Kier alpha value is -3.89. The lowest BCUT2D eigenvalue weighted by Crippen LogP contribution is -2.26. The van der Waals surface area contributed by atoms with Crippen molar-refractivity contribution in [3.63, 3.8) is 0 Å². The van der Waals surface area contributed by atoms with Crippen molar-refractivity contribution in [2.45, 2.75) is 30.6 Å². The van der Waals surface area contributed by atoms with Gasteiger partial charge >= 0.3 is 5.97 Å². The topological polar surface area (TPSA) is 140 Å². The van der Waals surface area contributed by atoms with Gasteiger partial charge in [-0.25, -0.2) is 13.1 Å². The first kappa shape index (κ1) is 25.7. The number of aromatic nitrogens is 1. The van der Waals surface area contributed by atoms with E-state index in [1.165, 1.54) is 18.2 Å². The first-order valence-electron chi connectivity index (χ1n) is 10.9. The molecule has 0 saturated carbocycles. The summed E-state index contributed by atoms with van der Waals surface area (Å²) in [5.41, 5.74) is 3.08. The van der Waals surface area contributed by atoms with E-state index in [0.717, 1.165) is 28.3 Å². The van der Waals surface area contributed by atoms with Crippen molar-refractivity contribution in [3.8, 4) is 0 Å². The van der Waals surface area contributed by atoms with Crippen molar-refractivity contribution in [1.82, 2.24) is 9.71 Å². The van der Waals surface area contributed by atoms with Gasteiger partial charge in [0, 0.05) is 37.0 Å². The molecule has 3 rings (SSSR count). The number of aliphatic carboxylic acids is 1. The van der Waals surface area contributed by atoms with Gasteiger partial charge in [0.05, 0.1) is 4.92 Å². The van der Waals surface area contributed by atoms with Gasteiger partial charge in [0.15, 0.2) is 4.90 Å². The van der Waals surface area contributed by atoms with E-state index in [9.17, 15) is 23.3 Å². The Bertz CT molecular complexity index is 1320. The Kier molecular flexibility index (Phi) is 8.82. The monoisotopic (exact) mass is 495 g/mol. The number of unbranched alkanes of at least 4 members (excludes halogenated alkanes) is 1. The van der Waals surface area contributed by atoms with Crippen LogP contribution < -0.4 is 4.72 Å². The average molecular weight is 496 g/mol. The molecule has 35 heavy (non-hydrogen) atoms. The standard InChI is InChI=1S/C25H25N3O6S/c29-25(30)13-4-1-10-22(21-9-6-15-26-18-21)20-8-5-7-19(17-20)14-16-27-35(33,34)24-12-3-2-11-23(24)28(31)32/h2-3,5-12,15,17-18,27H,1,4,13-14,16H2,(H,29,30)/b22-10+. The molecule has 0 amide bonds. The maximum Gasteiger partial charge on any atom is 0.303 e. The number of carboxylic acids is 1. The second-order valence-electron chi connectivity index (χ2n) is 7.72. The van der Waals surface area contributed by atoms with E-state index < -0.39 is 26.6 Å². The molecule has 0 spiro atoms. The van der Waals surface area contributed by atoms with E-state index >= 15 is 0 Å². The van der Waals surface area contributed by atoms with E-state index in [2.05, 4.69) is 9.71 Å². The summed E-state index contributed by atoms with van der Waals surface area (Å²) in [5, 5.41) is 20.1. The molecule has 0 aliphatic carbocycles. The first-order valence-corrected chi connectivity index (χ1v) is 12.4. The van der Waals surface area contributed by atoms with Gasteiger partial charge in [-0.15, -0.1) is 0 Å². The maximum atomic E-state index is 12.6. The van der Waals surface area contributed by atoms with Gasteiger partial charge in [-0.2, -0.15) is 0 Å². The van der Waals surface area contributed by atoms with Crippen LogP contribution in [0.2, 0.25) is 0 Å². The van der Waals surface area contributed by atoms with E-state index in [4.69, 9.17) is 5.11 Å². The summed E-state index contributed by atoms with van der Waals surface area (Å²) in [5.74, 6) is -0.841. The Balaban J connectivity index is 1.75. The molecule has 3 aromatic rings. The SMILES string of the molecule is O=C(O)CCC/C=C(/c1cccnc1)c1cccc(CCNS(=O)(=O)c2ccccc2[N+](=O)[O-])c1.